The van der Waals surface area contributed by atoms with Crippen molar-refractivity contribution in [3.63, 3.8) is 0 Å². The Hall–Kier alpha value is -2.47. The van der Waals surface area contributed by atoms with E-state index >= 15 is 0 Å². The molecule has 2 unspecified atom stereocenters. The van der Waals surface area contributed by atoms with Gasteiger partial charge in [-0.2, -0.15) is 0 Å². The number of nitrogens with zero attached hydrogens (tertiary/aromatic N) is 1. The van der Waals surface area contributed by atoms with Crippen LogP contribution in [0.25, 0.3) is 0 Å². The van der Waals surface area contributed by atoms with E-state index < -0.39 is 0 Å². The maximum atomic E-state index is 12.8. The van der Waals surface area contributed by atoms with Crippen LogP contribution in [0, 0.1) is 0 Å². The summed E-state index contributed by atoms with van der Waals surface area (Å²) >= 11 is 1.62. The molecule has 2 amide bonds. The van der Waals surface area contributed by atoms with Gasteiger partial charge in [0, 0.05) is 24.4 Å². The van der Waals surface area contributed by atoms with Crippen LogP contribution < -0.4 is 10.1 Å². The zero-order chi connectivity index (χ0) is 22.1. The maximum absolute atomic E-state index is 12.8. The fourth-order valence-corrected chi connectivity index (χ4v) is 4.51. The zero-order valence-electron chi connectivity index (χ0n) is 18.4. The standard InChI is InChI=1S/C25H32N2O3S/c1-3-22(26-25(29)19(2)31-18-20-11-5-4-6-12-20)21-13-7-8-14-23(21)30-17-24(28)27-15-9-10-16-27/h4-8,11-14,19,22H,3,9-10,15-18H2,1-2H3,(H,26,29). The first-order chi connectivity index (χ1) is 15.1. The Labute approximate surface area is 189 Å². The van der Waals surface area contributed by atoms with Gasteiger partial charge in [0.05, 0.1) is 11.3 Å². The van der Waals surface area contributed by atoms with Crippen molar-refractivity contribution in [2.75, 3.05) is 19.7 Å². The van der Waals surface area contributed by atoms with Crippen LogP contribution >= 0.6 is 11.8 Å². The SMILES string of the molecule is CCC(NC(=O)C(C)SCc1ccccc1)c1ccccc1OCC(=O)N1CCCC1. The van der Waals surface area contributed by atoms with Crippen LogP contribution in [-0.2, 0) is 15.3 Å². The molecule has 2 atom stereocenters. The molecular formula is C25H32N2O3S. The number of para-hydroxylation sites is 1. The molecule has 0 aromatic heterocycles. The second kappa shape index (κ2) is 11.8. The molecule has 1 aliphatic heterocycles. The highest BCUT2D eigenvalue weighted by Gasteiger charge is 2.22. The van der Waals surface area contributed by atoms with Crippen molar-refractivity contribution < 1.29 is 14.3 Å². The van der Waals surface area contributed by atoms with Gasteiger partial charge in [-0.3, -0.25) is 9.59 Å². The van der Waals surface area contributed by atoms with Crippen molar-refractivity contribution in [2.24, 2.45) is 0 Å². The van der Waals surface area contributed by atoms with Gasteiger partial charge in [-0.25, -0.2) is 0 Å². The molecule has 166 valence electrons. The summed E-state index contributed by atoms with van der Waals surface area (Å²) < 4.78 is 5.89. The second-order valence-electron chi connectivity index (χ2n) is 7.82. The molecule has 0 radical (unpaired) electrons. The van der Waals surface area contributed by atoms with Gasteiger partial charge < -0.3 is 15.0 Å². The third kappa shape index (κ3) is 6.76. The Balaban J connectivity index is 1.58. The first-order valence-corrected chi connectivity index (χ1v) is 12.1. The number of ether oxygens (including phenoxy) is 1. The number of hydrogen-bond acceptors (Lipinski definition) is 4. The van der Waals surface area contributed by atoms with Crippen LogP contribution in [0.15, 0.2) is 54.6 Å². The fourth-order valence-electron chi connectivity index (χ4n) is 3.66. The molecule has 0 aliphatic carbocycles. The quantitative estimate of drug-likeness (QED) is 0.588. The van der Waals surface area contributed by atoms with Crippen molar-refractivity contribution >= 4 is 23.6 Å². The molecule has 0 spiro atoms. The Kier molecular flexibility index (Phi) is 8.83. The second-order valence-corrected chi connectivity index (χ2v) is 9.15. The maximum Gasteiger partial charge on any atom is 0.260 e. The highest BCUT2D eigenvalue weighted by Crippen LogP contribution is 2.28. The van der Waals surface area contributed by atoms with Gasteiger partial charge in [0.25, 0.3) is 5.91 Å². The minimum absolute atomic E-state index is 0.00993. The highest BCUT2D eigenvalue weighted by atomic mass is 32.2. The molecule has 0 saturated carbocycles. The summed E-state index contributed by atoms with van der Waals surface area (Å²) in [6, 6.07) is 17.7. The predicted molar refractivity (Wildman–Crippen MR) is 126 cm³/mol. The van der Waals surface area contributed by atoms with Crippen molar-refractivity contribution in [3.05, 3.63) is 65.7 Å². The molecule has 1 heterocycles. The number of hydrogen-bond donors (Lipinski definition) is 1. The Morgan fingerprint density at radius 3 is 2.45 bits per heavy atom. The van der Waals surface area contributed by atoms with E-state index in [9.17, 15) is 9.59 Å². The summed E-state index contributed by atoms with van der Waals surface area (Å²) in [7, 11) is 0. The van der Waals surface area contributed by atoms with Gasteiger partial charge in [-0.1, -0.05) is 55.5 Å². The first kappa shape index (κ1) is 23.2. The summed E-state index contributed by atoms with van der Waals surface area (Å²) in [6.45, 7) is 5.64. The number of carbonyl (C=O) groups is 2. The van der Waals surface area contributed by atoms with E-state index in [0.29, 0.717) is 5.75 Å². The molecule has 2 aromatic carbocycles. The summed E-state index contributed by atoms with van der Waals surface area (Å²) in [5, 5.41) is 3.00. The van der Waals surface area contributed by atoms with Crippen LogP contribution in [0.5, 0.6) is 5.75 Å². The van der Waals surface area contributed by atoms with Gasteiger partial charge in [-0.05, 0) is 37.8 Å². The number of carbonyl (C=O) groups excluding carboxylic acids is 2. The lowest BCUT2D eigenvalue weighted by Crippen LogP contribution is -2.35. The Bertz CT molecular complexity index is 853. The van der Waals surface area contributed by atoms with E-state index in [4.69, 9.17) is 4.74 Å². The number of thioether (sulfide) groups is 1. The van der Waals surface area contributed by atoms with E-state index in [0.717, 1.165) is 43.7 Å². The minimum atomic E-state index is -0.168. The first-order valence-electron chi connectivity index (χ1n) is 11.0. The summed E-state index contributed by atoms with van der Waals surface area (Å²) in [5.74, 6) is 1.49. The zero-order valence-corrected chi connectivity index (χ0v) is 19.2. The number of benzene rings is 2. The topological polar surface area (TPSA) is 58.6 Å². The fraction of sp³-hybridized carbons (Fsp3) is 0.440. The summed E-state index contributed by atoms with van der Waals surface area (Å²) in [4.78, 5) is 27.0. The third-order valence-electron chi connectivity index (χ3n) is 5.54. The van der Waals surface area contributed by atoms with Crippen molar-refractivity contribution in [1.29, 1.82) is 0 Å². The molecule has 31 heavy (non-hydrogen) atoms. The molecule has 1 fully saturated rings. The van der Waals surface area contributed by atoms with Gasteiger partial charge in [0.15, 0.2) is 6.61 Å². The molecular weight excluding hydrogens is 408 g/mol. The van der Waals surface area contributed by atoms with E-state index in [1.165, 1.54) is 5.56 Å². The molecule has 1 saturated heterocycles. The lowest BCUT2D eigenvalue weighted by Gasteiger charge is -2.23. The van der Waals surface area contributed by atoms with Crippen LogP contribution in [0.3, 0.4) is 0 Å². The number of nitrogens with one attached hydrogen (secondary N) is 1. The number of rotatable bonds is 10. The number of amides is 2. The lowest BCUT2D eigenvalue weighted by atomic mass is 10.0. The summed E-state index contributed by atoms with van der Waals surface area (Å²) in [6.07, 6.45) is 2.86. The average Bonchev–Trinajstić information content (AvgIpc) is 3.35. The van der Waals surface area contributed by atoms with Gasteiger partial charge in [0.1, 0.15) is 5.75 Å². The normalized spacial score (nSPS) is 15.4. The smallest absolute Gasteiger partial charge is 0.260 e. The van der Waals surface area contributed by atoms with Crippen molar-refractivity contribution in [3.8, 4) is 5.75 Å². The molecule has 3 rings (SSSR count). The summed E-state index contributed by atoms with van der Waals surface area (Å²) in [5.41, 5.74) is 2.12. The number of likely N-dealkylation sites (tertiary alicyclic amines) is 1. The van der Waals surface area contributed by atoms with Gasteiger partial charge in [0.2, 0.25) is 5.91 Å². The van der Waals surface area contributed by atoms with E-state index in [2.05, 4.69) is 17.4 Å². The van der Waals surface area contributed by atoms with E-state index in [-0.39, 0.29) is 29.7 Å². The predicted octanol–water partition coefficient (Wildman–Crippen LogP) is 4.58. The van der Waals surface area contributed by atoms with Gasteiger partial charge in [-0.15, -0.1) is 11.8 Å². The van der Waals surface area contributed by atoms with Crippen LogP contribution in [0.4, 0.5) is 0 Å². The van der Waals surface area contributed by atoms with Crippen LogP contribution in [-0.4, -0.2) is 41.7 Å². The molecule has 0 bridgehead atoms. The lowest BCUT2D eigenvalue weighted by molar-refractivity contribution is -0.132. The molecule has 5 nitrogen and oxygen atoms in total. The average molecular weight is 441 g/mol. The Morgan fingerprint density at radius 2 is 1.74 bits per heavy atom. The van der Waals surface area contributed by atoms with Gasteiger partial charge >= 0.3 is 0 Å². The molecule has 2 aromatic rings. The highest BCUT2D eigenvalue weighted by molar-refractivity contribution is 7.99. The third-order valence-corrected chi connectivity index (χ3v) is 6.76. The minimum Gasteiger partial charge on any atom is -0.483 e. The largest absolute Gasteiger partial charge is 0.483 e. The van der Waals surface area contributed by atoms with E-state index in [1.54, 1.807) is 11.8 Å². The van der Waals surface area contributed by atoms with Crippen LogP contribution in [0.2, 0.25) is 0 Å². The van der Waals surface area contributed by atoms with Crippen molar-refractivity contribution in [1.82, 2.24) is 10.2 Å². The van der Waals surface area contributed by atoms with Crippen molar-refractivity contribution in [2.45, 2.75) is 50.2 Å². The molecule has 6 heteroatoms. The molecule has 1 N–H and O–H groups in total. The van der Waals surface area contributed by atoms with E-state index in [1.807, 2.05) is 61.2 Å². The molecule has 1 aliphatic rings. The Morgan fingerprint density at radius 1 is 1.06 bits per heavy atom. The monoisotopic (exact) mass is 440 g/mol. The van der Waals surface area contributed by atoms with Crippen LogP contribution in [0.1, 0.15) is 50.3 Å².